The van der Waals surface area contributed by atoms with Crippen LogP contribution in [0.3, 0.4) is 0 Å². The topological polar surface area (TPSA) is 49.4 Å². The molecule has 1 N–H and O–H groups in total. The lowest BCUT2D eigenvalue weighted by molar-refractivity contribution is -0.121. The van der Waals surface area contributed by atoms with Crippen molar-refractivity contribution in [2.24, 2.45) is 0 Å². The molecule has 2 amide bonds. The molecule has 0 bridgehead atoms. The first-order chi connectivity index (χ1) is 10.1. The summed E-state index contributed by atoms with van der Waals surface area (Å²) in [6, 6.07) is 14.6. The molecule has 1 aliphatic heterocycles. The van der Waals surface area contributed by atoms with E-state index in [0.29, 0.717) is 16.4 Å². The first-order valence-electron chi connectivity index (χ1n) is 6.57. The third kappa shape index (κ3) is 2.90. The van der Waals surface area contributed by atoms with Crippen molar-refractivity contribution < 1.29 is 9.59 Å². The van der Waals surface area contributed by atoms with Gasteiger partial charge in [0.15, 0.2) is 0 Å². The minimum Gasteiger partial charge on any atom is -0.323 e. The monoisotopic (exact) mass is 300 g/mol. The number of rotatable bonds is 2. The normalized spacial score (nSPS) is 13.6. The van der Waals surface area contributed by atoms with Crippen LogP contribution in [0.15, 0.2) is 48.5 Å². The molecule has 0 fully saturated rings. The zero-order chi connectivity index (χ0) is 14.8. The van der Waals surface area contributed by atoms with Crippen molar-refractivity contribution in [3.05, 3.63) is 59.1 Å². The summed E-state index contributed by atoms with van der Waals surface area (Å²) in [5.74, 6) is -0.328. The van der Waals surface area contributed by atoms with E-state index in [1.807, 2.05) is 30.3 Å². The molecule has 0 saturated heterocycles. The van der Waals surface area contributed by atoms with Crippen LogP contribution in [0.5, 0.6) is 0 Å². The number of benzene rings is 2. The van der Waals surface area contributed by atoms with E-state index < -0.39 is 0 Å². The molecule has 0 spiro atoms. The number of amides is 2. The highest BCUT2D eigenvalue weighted by Gasteiger charge is 2.26. The van der Waals surface area contributed by atoms with Gasteiger partial charge in [-0.1, -0.05) is 41.9 Å². The molecule has 2 aromatic carbocycles. The predicted octanol–water partition coefficient (Wildman–Crippen LogP) is 2.87. The van der Waals surface area contributed by atoms with Crippen LogP contribution in [0, 0.1) is 0 Å². The summed E-state index contributed by atoms with van der Waals surface area (Å²) in [6.07, 6.45) is 0.260. The van der Waals surface area contributed by atoms with E-state index in [0.717, 1.165) is 5.56 Å². The lowest BCUT2D eigenvalue weighted by Gasteiger charge is -2.29. The highest BCUT2D eigenvalue weighted by atomic mass is 35.5. The number of carbonyl (C=O) groups excluding carboxylic acids is 2. The molecule has 21 heavy (non-hydrogen) atoms. The fourth-order valence-electron chi connectivity index (χ4n) is 2.35. The summed E-state index contributed by atoms with van der Waals surface area (Å²) in [7, 11) is 0. The van der Waals surface area contributed by atoms with E-state index in [2.05, 4.69) is 5.32 Å². The van der Waals surface area contributed by atoms with Gasteiger partial charge in [-0.2, -0.15) is 0 Å². The molecular formula is C16H13ClN2O2. The second-order valence-electron chi connectivity index (χ2n) is 4.85. The Labute approximate surface area is 127 Å². The van der Waals surface area contributed by atoms with Crippen molar-refractivity contribution in [1.29, 1.82) is 0 Å². The number of carbonyl (C=O) groups is 2. The molecular weight excluding hydrogens is 288 g/mol. The van der Waals surface area contributed by atoms with Crippen molar-refractivity contribution in [2.75, 3.05) is 16.8 Å². The molecule has 1 aliphatic rings. The molecule has 0 saturated carbocycles. The van der Waals surface area contributed by atoms with Crippen LogP contribution in [0.25, 0.3) is 0 Å². The van der Waals surface area contributed by atoms with E-state index in [4.69, 9.17) is 11.6 Å². The van der Waals surface area contributed by atoms with Crippen LogP contribution in [0.1, 0.15) is 5.56 Å². The molecule has 0 radical (unpaired) electrons. The Morgan fingerprint density at radius 1 is 1.19 bits per heavy atom. The van der Waals surface area contributed by atoms with Gasteiger partial charge < -0.3 is 10.2 Å². The molecule has 2 aromatic rings. The molecule has 4 nitrogen and oxygen atoms in total. The van der Waals surface area contributed by atoms with Gasteiger partial charge in [0.05, 0.1) is 17.8 Å². The van der Waals surface area contributed by atoms with Crippen LogP contribution in [0.2, 0.25) is 5.02 Å². The molecule has 0 atom stereocenters. The average molecular weight is 301 g/mol. The minimum atomic E-state index is -0.217. The van der Waals surface area contributed by atoms with E-state index in [1.165, 1.54) is 4.90 Å². The fourth-order valence-corrected chi connectivity index (χ4v) is 2.52. The van der Waals surface area contributed by atoms with Gasteiger partial charge in [-0.15, -0.1) is 0 Å². The van der Waals surface area contributed by atoms with Crippen LogP contribution in [0.4, 0.5) is 11.4 Å². The van der Waals surface area contributed by atoms with Gasteiger partial charge in [-0.3, -0.25) is 9.59 Å². The number of hydrogen-bond acceptors (Lipinski definition) is 2. The Hall–Kier alpha value is -2.33. The maximum absolute atomic E-state index is 12.5. The molecule has 5 heteroatoms. The van der Waals surface area contributed by atoms with Gasteiger partial charge in [0, 0.05) is 5.02 Å². The zero-order valence-corrected chi connectivity index (χ0v) is 11.9. The third-order valence-corrected chi connectivity index (χ3v) is 3.56. The first-order valence-corrected chi connectivity index (χ1v) is 6.95. The second kappa shape index (κ2) is 5.58. The fraction of sp³-hybridized carbons (Fsp3) is 0.125. The first kappa shape index (κ1) is 13.6. The number of anilines is 2. The van der Waals surface area contributed by atoms with Crippen molar-refractivity contribution in [3.63, 3.8) is 0 Å². The smallest absolute Gasteiger partial charge is 0.244 e. The predicted molar refractivity (Wildman–Crippen MR) is 82.6 cm³/mol. The van der Waals surface area contributed by atoms with Crippen molar-refractivity contribution in [1.82, 2.24) is 0 Å². The summed E-state index contributed by atoms with van der Waals surface area (Å²) in [6.45, 7) is 0.0281. The number of nitrogens with zero attached hydrogens (tertiary/aromatic N) is 1. The lowest BCUT2D eigenvalue weighted by Crippen LogP contribution is -2.42. The van der Waals surface area contributed by atoms with Crippen LogP contribution in [-0.2, 0) is 16.0 Å². The van der Waals surface area contributed by atoms with Gasteiger partial charge in [-0.25, -0.2) is 0 Å². The summed E-state index contributed by atoms with van der Waals surface area (Å²) in [5.41, 5.74) is 2.17. The van der Waals surface area contributed by atoms with E-state index in [9.17, 15) is 9.59 Å². The van der Waals surface area contributed by atoms with Crippen LogP contribution >= 0.6 is 11.6 Å². The van der Waals surface area contributed by atoms with Crippen LogP contribution in [-0.4, -0.2) is 18.4 Å². The van der Waals surface area contributed by atoms with E-state index in [1.54, 1.807) is 18.2 Å². The maximum atomic E-state index is 12.5. The van der Waals surface area contributed by atoms with E-state index >= 15 is 0 Å². The van der Waals surface area contributed by atoms with Gasteiger partial charge in [-0.05, 0) is 23.8 Å². The molecule has 106 valence electrons. The lowest BCUT2D eigenvalue weighted by atomic mass is 10.1. The number of halogens is 1. The van der Waals surface area contributed by atoms with Gasteiger partial charge in [0.1, 0.15) is 6.54 Å². The standard InChI is InChI=1S/C16H13ClN2O2/c17-12-6-7-14-13(9-12)18-15(20)10-19(14)16(21)8-11-4-2-1-3-5-11/h1-7,9H,8,10H2,(H,18,20). The largest absolute Gasteiger partial charge is 0.323 e. The highest BCUT2D eigenvalue weighted by molar-refractivity contribution is 6.31. The molecule has 0 aliphatic carbocycles. The Balaban J connectivity index is 1.89. The van der Waals surface area contributed by atoms with Gasteiger partial charge >= 0.3 is 0 Å². The second-order valence-corrected chi connectivity index (χ2v) is 5.29. The number of fused-ring (bicyclic) bond motifs is 1. The average Bonchev–Trinajstić information content (AvgIpc) is 2.47. The molecule has 0 unspecified atom stereocenters. The zero-order valence-electron chi connectivity index (χ0n) is 11.2. The van der Waals surface area contributed by atoms with Gasteiger partial charge in [0.25, 0.3) is 0 Å². The van der Waals surface area contributed by atoms with Crippen molar-refractivity contribution >= 4 is 34.8 Å². The van der Waals surface area contributed by atoms with Gasteiger partial charge in [0.2, 0.25) is 11.8 Å². The number of nitrogens with one attached hydrogen (secondary N) is 1. The maximum Gasteiger partial charge on any atom is 0.244 e. The summed E-state index contributed by atoms with van der Waals surface area (Å²) < 4.78 is 0. The molecule has 0 aromatic heterocycles. The SMILES string of the molecule is O=C1CN(C(=O)Cc2ccccc2)c2ccc(Cl)cc2N1. The number of hydrogen-bond donors (Lipinski definition) is 1. The highest BCUT2D eigenvalue weighted by Crippen LogP contribution is 2.32. The Morgan fingerprint density at radius 2 is 1.95 bits per heavy atom. The van der Waals surface area contributed by atoms with Crippen molar-refractivity contribution in [2.45, 2.75) is 6.42 Å². The Bertz CT molecular complexity index is 701. The van der Waals surface area contributed by atoms with Crippen molar-refractivity contribution in [3.8, 4) is 0 Å². The molecule has 1 heterocycles. The summed E-state index contributed by atoms with van der Waals surface area (Å²) in [4.78, 5) is 25.7. The Morgan fingerprint density at radius 3 is 2.71 bits per heavy atom. The molecule has 3 rings (SSSR count). The third-order valence-electron chi connectivity index (χ3n) is 3.32. The quantitative estimate of drug-likeness (QED) is 0.927. The van der Waals surface area contributed by atoms with E-state index in [-0.39, 0.29) is 24.8 Å². The minimum absolute atomic E-state index is 0.0281. The summed E-state index contributed by atoms with van der Waals surface area (Å²) >= 11 is 5.93. The van der Waals surface area contributed by atoms with Crippen LogP contribution < -0.4 is 10.2 Å². The summed E-state index contributed by atoms with van der Waals surface area (Å²) in [5, 5.41) is 3.25. The Kier molecular flexibility index (Phi) is 3.62.